The highest BCUT2D eigenvalue weighted by Gasteiger charge is 2.27. The zero-order valence-corrected chi connectivity index (χ0v) is 6.66. The van der Waals surface area contributed by atoms with E-state index >= 15 is 0 Å². The maximum absolute atomic E-state index is 6.78. The van der Waals surface area contributed by atoms with Gasteiger partial charge in [-0.2, -0.15) is 0 Å². The van der Waals surface area contributed by atoms with E-state index in [1.807, 2.05) is 24.3 Å². The van der Waals surface area contributed by atoms with E-state index in [1.54, 1.807) is 0 Å². The maximum atomic E-state index is 6.78. The second kappa shape index (κ2) is 2.96. The molecule has 2 nitrogen and oxygen atoms in total. The third kappa shape index (κ3) is 1.32. The molecule has 0 saturated carbocycles. The van der Waals surface area contributed by atoms with Crippen LogP contribution in [0.2, 0.25) is 0 Å². The lowest BCUT2D eigenvalue weighted by Crippen LogP contribution is -1.89. The van der Waals surface area contributed by atoms with Crippen LogP contribution in [-0.4, -0.2) is 6.61 Å². The van der Waals surface area contributed by atoms with Crippen molar-refractivity contribution in [2.45, 2.75) is 12.6 Å². The van der Waals surface area contributed by atoms with Gasteiger partial charge in [0.05, 0.1) is 6.61 Å². The van der Waals surface area contributed by atoms with Crippen LogP contribution in [0.4, 0.5) is 0 Å². The highest BCUT2D eigenvalue weighted by atomic mass is 16.6. The number of hydrogen-bond donors (Lipinski definition) is 0. The third-order valence-electron chi connectivity index (χ3n) is 1.98. The molecule has 12 heavy (non-hydrogen) atoms. The van der Waals surface area contributed by atoms with E-state index in [9.17, 15) is 0 Å². The molecule has 0 amide bonds. The quantitative estimate of drug-likeness (QED) is 0.477. The summed E-state index contributed by atoms with van der Waals surface area (Å²) in [4.78, 5) is 3.37. The fraction of sp³-hybridized carbons (Fsp3) is 0.300. The number of rotatable bonds is 2. The lowest BCUT2D eigenvalue weighted by Gasteiger charge is -1.99. The molecule has 1 aromatic carbocycles. The molecule has 0 aliphatic carbocycles. The monoisotopic (exact) mass is 159 g/mol. The topological polar surface area (TPSA) is 16.9 Å². The summed E-state index contributed by atoms with van der Waals surface area (Å²) in [6.07, 6.45) is 0.267. The second-order valence-electron chi connectivity index (χ2n) is 2.84. The van der Waals surface area contributed by atoms with Crippen LogP contribution in [0, 0.1) is 6.57 Å². The Balaban J connectivity index is 2.31. The Bertz CT molecular complexity index is 323. The van der Waals surface area contributed by atoms with Crippen LogP contribution >= 0.6 is 0 Å². The summed E-state index contributed by atoms with van der Waals surface area (Å²) < 4.78 is 5.18. The fourth-order valence-electron chi connectivity index (χ4n) is 1.31. The van der Waals surface area contributed by atoms with Gasteiger partial charge >= 0.3 is 0 Å². The van der Waals surface area contributed by atoms with Gasteiger partial charge in [-0.15, -0.1) is 0 Å². The molecule has 2 heteroatoms. The Kier molecular flexibility index (Phi) is 1.81. The van der Waals surface area contributed by atoms with Crippen molar-refractivity contribution in [1.82, 2.24) is 0 Å². The second-order valence-corrected chi connectivity index (χ2v) is 2.84. The summed E-state index contributed by atoms with van der Waals surface area (Å²) in [7, 11) is 0. The van der Waals surface area contributed by atoms with Gasteiger partial charge in [0.2, 0.25) is 6.54 Å². The highest BCUT2D eigenvalue weighted by molar-refractivity contribution is 5.31. The van der Waals surface area contributed by atoms with Gasteiger partial charge in [-0.05, 0) is 5.56 Å². The summed E-state index contributed by atoms with van der Waals surface area (Å²) in [6.45, 7) is 8.07. The van der Waals surface area contributed by atoms with Gasteiger partial charge in [0.25, 0.3) is 0 Å². The molecule has 0 aromatic heterocycles. The van der Waals surface area contributed by atoms with Gasteiger partial charge in [0.1, 0.15) is 6.10 Å². The van der Waals surface area contributed by atoms with Crippen molar-refractivity contribution in [2.24, 2.45) is 0 Å². The Morgan fingerprint density at radius 3 is 2.92 bits per heavy atom. The van der Waals surface area contributed by atoms with Crippen molar-refractivity contribution in [3.63, 3.8) is 0 Å². The normalized spacial score (nSPS) is 20.1. The Hall–Kier alpha value is -1.33. The van der Waals surface area contributed by atoms with Gasteiger partial charge in [-0.3, -0.25) is 0 Å². The molecule has 1 atom stereocenters. The molecule has 1 saturated heterocycles. The Morgan fingerprint density at radius 2 is 2.25 bits per heavy atom. The largest absolute Gasteiger partial charge is 0.368 e. The molecule has 60 valence electrons. The maximum Gasteiger partial charge on any atom is 0.240 e. The predicted molar refractivity (Wildman–Crippen MR) is 45.4 cm³/mol. The fourth-order valence-corrected chi connectivity index (χ4v) is 1.31. The SMILES string of the molecule is [C-]#[N+]Cc1ccccc1C1CO1. The highest BCUT2D eigenvalue weighted by Crippen LogP contribution is 2.32. The third-order valence-corrected chi connectivity index (χ3v) is 1.98. The first-order valence-electron chi connectivity index (χ1n) is 3.94. The van der Waals surface area contributed by atoms with E-state index in [0.717, 1.165) is 12.2 Å². The molecule has 1 unspecified atom stereocenters. The van der Waals surface area contributed by atoms with Crippen molar-refractivity contribution >= 4 is 0 Å². The molecule has 1 heterocycles. The lowest BCUT2D eigenvalue weighted by atomic mass is 10.1. The zero-order valence-electron chi connectivity index (χ0n) is 6.66. The van der Waals surface area contributed by atoms with E-state index in [-0.39, 0.29) is 6.10 Å². The predicted octanol–water partition coefficient (Wildman–Crippen LogP) is 2.18. The minimum atomic E-state index is 0.267. The van der Waals surface area contributed by atoms with Crippen molar-refractivity contribution in [3.05, 3.63) is 46.8 Å². The van der Waals surface area contributed by atoms with Crippen LogP contribution in [0.1, 0.15) is 17.2 Å². The average Bonchev–Trinajstić information content (AvgIpc) is 2.89. The molecular weight excluding hydrogens is 150 g/mol. The lowest BCUT2D eigenvalue weighted by molar-refractivity contribution is 0.414. The van der Waals surface area contributed by atoms with Crippen LogP contribution < -0.4 is 0 Å². The molecule has 0 spiro atoms. The molecule has 1 aromatic rings. The smallest absolute Gasteiger partial charge is 0.240 e. The number of hydrogen-bond acceptors (Lipinski definition) is 1. The molecule has 1 aliphatic rings. The van der Waals surface area contributed by atoms with E-state index in [4.69, 9.17) is 11.3 Å². The Labute approximate surface area is 71.6 Å². The van der Waals surface area contributed by atoms with Crippen LogP contribution in [-0.2, 0) is 11.3 Å². The van der Waals surface area contributed by atoms with Crippen molar-refractivity contribution in [1.29, 1.82) is 0 Å². The van der Waals surface area contributed by atoms with Crippen LogP contribution in [0.25, 0.3) is 4.85 Å². The van der Waals surface area contributed by atoms with E-state index < -0.39 is 0 Å². The molecule has 1 aliphatic heterocycles. The number of ether oxygens (including phenoxy) is 1. The number of benzene rings is 1. The Morgan fingerprint density at radius 1 is 1.50 bits per heavy atom. The summed E-state index contributed by atoms with van der Waals surface area (Å²) in [5.74, 6) is 0. The average molecular weight is 159 g/mol. The minimum Gasteiger partial charge on any atom is -0.368 e. The van der Waals surface area contributed by atoms with Crippen molar-refractivity contribution in [3.8, 4) is 0 Å². The summed E-state index contributed by atoms with van der Waals surface area (Å²) in [6, 6.07) is 7.99. The zero-order chi connectivity index (χ0) is 8.39. The first-order chi connectivity index (χ1) is 5.92. The number of nitrogens with zero attached hydrogens (tertiary/aromatic N) is 1. The van der Waals surface area contributed by atoms with Gasteiger partial charge in [-0.1, -0.05) is 24.3 Å². The van der Waals surface area contributed by atoms with Gasteiger partial charge in [-0.25, -0.2) is 6.57 Å². The van der Waals surface area contributed by atoms with E-state index in [0.29, 0.717) is 6.54 Å². The molecule has 1 fully saturated rings. The van der Waals surface area contributed by atoms with Crippen LogP contribution in [0.5, 0.6) is 0 Å². The summed E-state index contributed by atoms with van der Waals surface area (Å²) in [5.41, 5.74) is 2.29. The first kappa shape index (κ1) is 7.33. The molecule has 0 N–H and O–H groups in total. The summed E-state index contributed by atoms with van der Waals surface area (Å²) in [5, 5.41) is 0. The minimum absolute atomic E-state index is 0.267. The molecular formula is C10H9NO. The van der Waals surface area contributed by atoms with E-state index in [1.165, 1.54) is 5.56 Å². The molecule has 0 bridgehead atoms. The van der Waals surface area contributed by atoms with Crippen LogP contribution in [0.3, 0.4) is 0 Å². The van der Waals surface area contributed by atoms with Crippen LogP contribution in [0.15, 0.2) is 24.3 Å². The van der Waals surface area contributed by atoms with Gasteiger partial charge < -0.3 is 9.58 Å². The molecule has 2 rings (SSSR count). The standard InChI is InChI=1S/C10H9NO/c1-11-6-8-4-2-3-5-9(8)10-7-12-10/h2-5,10H,6-7H2. The first-order valence-corrected chi connectivity index (χ1v) is 3.94. The van der Waals surface area contributed by atoms with Gasteiger partial charge in [0.15, 0.2) is 0 Å². The van der Waals surface area contributed by atoms with Crippen molar-refractivity contribution in [2.75, 3.05) is 6.61 Å². The van der Waals surface area contributed by atoms with E-state index in [2.05, 4.69) is 4.85 Å². The van der Waals surface area contributed by atoms with Gasteiger partial charge in [0, 0.05) is 5.56 Å². The molecule has 0 radical (unpaired) electrons. The number of epoxide rings is 1. The van der Waals surface area contributed by atoms with Crippen molar-refractivity contribution < 1.29 is 4.74 Å². The summed E-state index contributed by atoms with van der Waals surface area (Å²) >= 11 is 0.